The van der Waals surface area contributed by atoms with Gasteiger partial charge in [0, 0.05) is 12.1 Å². The monoisotopic (exact) mass is 301 g/mol. The van der Waals surface area contributed by atoms with Crippen molar-refractivity contribution in [2.75, 3.05) is 0 Å². The van der Waals surface area contributed by atoms with Gasteiger partial charge in [-0.2, -0.15) is 0 Å². The van der Waals surface area contributed by atoms with Crippen molar-refractivity contribution >= 4 is 34.2 Å². The molecule has 0 aliphatic rings. The number of nitro groups is 1. The lowest BCUT2D eigenvalue weighted by atomic mass is 10.2. The zero-order chi connectivity index (χ0) is 15.0. The molecule has 2 aromatic carbocycles. The van der Waals surface area contributed by atoms with E-state index in [4.69, 9.17) is 11.6 Å². The van der Waals surface area contributed by atoms with Gasteiger partial charge in [-0.25, -0.2) is 4.98 Å². The number of benzene rings is 2. The summed E-state index contributed by atoms with van der Waals surface area (Å²) in [4.78, 5) is 26.9. The third-order valence-corrected chi connectivity index (χ3v) is 3.39. The second-order valence-electron chi connectivity index (χ2n) is 4.33. The zero-order valence-electron chi connectivity index (χ0n) is 10.6. The van der Waals surface area contributed by atoms with Crippen molar-refractivity contribution in [2.45, 2.75) is 0 Å². The minimum absolute atomic E-state index is 0.0639. The second kappa shape index (κ2) is 4.99. The predicted octanol–water partition coefficient (Wildman–Crippen LogP) is 3.29. The third kappa shape index (κ3) is 2.25. The highest BCUT2D eigenvalue weighted by molar-refractivity contribution is 6.34. The Kier molecular flexibility index (Phi) is 3.15. The number of aromatic nitrogens is 2. The molecular formula is C14H8ClN3O3. The molecule has 1 aromatic heterocycles. The average Bonchev–Trinajstić information content (AvgIpc) is 2.90. The summed E-state index contributed by atoms with van der Waals surface area (Å²) >= 11 is 5.99. The number of carbonyl (C=O) groups is 1. The van der Waals surface area contributed by atoms with Crippen molar-refractivity contribution in [1.82, 2.24) is 9.55 Å². The van der Waals surface area contributed by atoms with Crippen LogP contribution < -0.4 is 0 Å². The zero-order valence-corrected chi connectivity index (χ0v) is 11.3. The summed E-state index contributed by atoms with van der Waals surface area (Å²) < 4.78 is 1.32. The molecule has 0 radical (unpaired) electrons. The Hall–Kier alpha value is -2.73. The summed E-state index contributed by atoms with van der Waals surface area (Å²) in [5.74, 6) is -0.461. The van der Waals surface area contributed by atoms with E-state index < -0.39 is 10.8 Å². The van der Waals surface area contributed by atoms with Crippen LogP contribution in [0.4, 0.5) is 5.69 Å². The Labute approximate surface area is 123 Å². The number of nitrogens with zero attached hydrogens (tertiary/aromatic N) is 3. The molecule has 0 spiro atoms. The van der Waals surface area contributed by atoms with Gasteiger partial charge in [-0.1, -0.05) is 23.7 Å². The first-order valence-electron chi connectivity index (χ1n) is 5.98. The predicted molar refractivity (Wildman–Crippen MR) is 77.6 cm³/mol. The molecular weight excluding hydrogens is 294 g/mol. The maximum atomic E-state index is 12.5. The number of non-ortho nitro benzene ring substituents is 1. The van der Waals surface area contributed by atoms with Gasteiger partial charge in [0.15, 0.2) is 0 Å². The maximum absolute atomic E-state index is 12.5. The second-order valence-corrected chi connectivity index (χ2v) is 4.74. The fourth-order valence-electron chi connectivity index (χ4n) is 2.04. The van der Waals surface area contributed by atoms with Crippen molar-refractivity contribution < 1.29 is 9.72 Å². The number of hydrogen-bond acceptors (Lipinski definition) is 4. The lowest BCUT2D eigenvalue weighted by molar-refractivity contribution is -0.384. The minimum atomic E-state index is -0.570. The van der Waals surface area contributed by atoms with Crippen LogP contribution in [0.2, 0.25) is 5.02 Å². The van der Waals surface area contributed by atoms with Crippen LogP contribution in [0.15, 0.2) is 48.8 Å². The van der Waals surface area contributed by atoms with Crippen molar-refractivity contribution in [3.63, 3.8) is 0 Å². The quantitative estimate of drug-likeness (QED) is 0.537. The SMILES string of the molecule is O=C(c1cc([N+](=O)[O-])ccc1Cl)n1cnc2ccccc21. The molecule has 7 heteroatoms. The van der Waals surface area contributed by atoms with Gasteiger partial charge in [0.05, 0.1) is 26.5 Å². The molecule has 0 saturated carbocycles. The summed E-state index contributed by atoms with van der Waals surface area (Å²) in [6.07, 6.45) is 1.38. The Morgan fingerprint density at radius 2 is 2.00 bits per heavy atom. The van der Waals surface area contributed by atoms with Crippen LogP contribution in [0.25, 0.3) is 11.0 Å². The van der Waals surface area contributed by atoms with E-state index in [2.05, 4.69) is 4.98 Å². The lowest BCUT2D eigenvalue weighted by Crippen LogP contribution is -2.11. The normalized spacial score (nSPS) is 10.7. The first-order chi connectivity index (χ1) is 10.1. The van der Waals surface area contributed by atoms with E-state index in [9.17, 15) is 14.9 Å². The van der Waals surface area contributed by atoms with Gasteiger partial charge in [0.2, 0.25) is 0 Å². The van der Waals surface area contributed by atoms with Crippen LogP contribution in [0.1, 0.15) is 10.4 Å². The molecule has 0 aliphatic heterocycles. The highest BCUT2D eigenvalue weighted by Gasteiger charge is 2.18. The molecule has 0 unspecified atom stereocenters. The van der Waals surface area contributed by atoms with Crippen LogP contribution in [0.5, 0.6) is 0 Å². The van der Waals surface area contributed by atoms with E-state index in [-0.39, 0.29) is 16.3 Å². The number of fused-ring (bicyclic) bond motifs is 1. The molecule has 6 nitrogen and oxygen atoms in total. The highest BCUT2D eigenvalue weighted by atomic mass is 35.5. The van der Waals surface area contributed by atoms with E-state index in [1.807, 2.05) is 6.07 Å². The number of halogens is 1. The molecule has 0 aliphatic carbocycles. The van der Waals surface area contributed by atoms with E-state index in [1.54, 1.807) is 18.2 Å². The summed E-state index contributed by atoms with van der Waals surface area (Å²) in [5, 5.41) is 11.0. The number of carbonyl (C=O) groups excluding carboxylic acids is 1. The molecule has 3 rings (SSSR count). The van der Waals surface area contributed by atoms with Crippen LogP contribution in [0.3, 0.4) is 0 Å². The Bertz CT molecular complexity index is 873. The fourth-order valence-corrected chi connectivity index (χ4v) is 2.24. The van der Waals surface area contributed by atoms with Crippen molar-refractivity contribution in [1.29, 1.82) is 0 Å². The largest absolute Gasteiger partial charge is 0.270 e. The lowest BCUT2D eigenvalue weighted by Gasteiger charge is -2.05. The Morgan fingerprint density at radius 3 is 2.76 bits per heavy atom. The molecule has 0 N–H and O–H groups in total. The molecule has 0 fully saturated rings. The maximum Gasteiger partial charge on any atom is 0.270 e. The standard InChI is InChI=1S/C14H8ClN3O3/c15-11-6-5-9(18(20)21)7-10(11)14(19)17-8-16-12-3-1-2-4-13(12)17/h1-8H. The molecule has 104 valence electrons. The van der Waals surface area contributed by atoms with Crippen LogP contribution in [-0.2, 0) is 0 Å². The molecule has 0 bridgehead atoms. The summed E-state index contributed by atoms with van der Waals surface area (Å²) in [6.45, 7) is 0. The molecule has 0 atom stereocenters. The van der Waals surface area contributed by atoms with Crippen molar-refractivity contribution in [2.24, 2.45) is 0 Å². The highest BCUT2D eigenvalue weighted by Crippen LogP contribution is 2.24. The third-order valence-electron chi connectivity index (χ3n) is 3.06. The van der Waals surface area contributed by atoms with Gasteiger partial charge in [-0.05, 0) is 18.2 Å². The average molecular weight is 302 g/mol. The molecule has 21 heavy (non-hydrogen) atoms. The topological polar surface area (TPSA) is 78.0 Å². The molecule has 1 heterocycles. The summed E-state index contributed by atoms with van der Waals surface area (Å²) in [6, 6.07) is 10.9. The fraction of sp³-hybridized carbons (Fsp3) is 0. The van der Waals surface area contributed by atoms with Crippen LogP contribution in [0, 0.1) is 10.1 Å². The number of hydrogen-bond donors (Lipinski definition) is 0. The molecule has 0 amide bonds. The van der Waals surface area contributed by atoms with Gasteiger partial charge in [0.25, 0.3) is 11.6 Å². The molecule has 3 aromatic rings. The van der Waals surface area contributed by atoms with E-state index in [0.29, 0.717) is 11.0 Å². The van der Waals surface area contributed by atoms with Gasteiger partial charge < -0.3 is 0 Å². The van der Waals surface area contributed by atoms with Crippen molar-refractivity contribution in [3.8, 4) is 0 Å². The van der Waals surface area contributed by atoms with Gasteiger partial charge in [-0.15, -0.1) is 0 Å². The first kappa shape index (κ1) is 13.3. The van der Waals surface area contributed by atoms with Gasteiger partial charge >= 0.3 is 0 Å². The summed E-state index contributed by atoms with van der Waals surface area (Å²) in [7, 11) is 0. The van der Waals surface area contributed by atoms with Gasteiger partial charge in [-0.3, -0.25) is 19.5 Å². The van der Waals surface area contributed by atoms with E-state index in [0.717, 1.165) is 0 Å². The number of rotatable bonds is 2. The van der Waals surface area contributed by atoms with E-state index in [1.165, 1.54) is 29.1 Å². The van der Waals surface area contributed by atoms with E-state index >= 15 is 0 Å². The number of imidazole rings is 1. The smallest absolute Gasteiger partial charge is 0.268 e. The van der Waals surface area contributed by atoms with Crippen LogP contribution >= 0.6 is 11.6 Å². The molecule has 0 saturated heterocycles. The number of nitro benzene ring substituents is 1. The van der Waals surface area contributed by atoms with Crippen LogP contribution in [-0.4, -0.2) is 20.4 Å². The van der Waals surface area contributed by atoms with Crippen molar-refractivity contribution in [3.05, 3.63) is 69.5 Å². The summed E-state index contributed by atoms with van der Waals surface area (Å²) in [5.41, 5.74) is 1.15. The number of para-hydroxylation sites is 2. The Morgan fingerprint density at radius 1 is 1.24 bits per heavy atom. The Balaban J connectivity index is 2.14. The van der Waals surface area contributed by atoms with Gasteiger partial charge in [0.1, 0.15) is 6.33 Å². The minimum Gasteiger partial charge on any atom is -0.268 e. The first-order valence-corrected chi connectivity index (χ1v) is 6.36.